The van der Waals surface area contributed by atoms with Gasteiger partial charge >= 0.3 is 0 Å². The number of nitrogens with one attached hydrogen (secondary N) is 1. The van der Waals surface area contributed by atoms with Crippen molar-refractivity contribution >= 4 is 17.7 Å². The maximum atomic E-state index is 12.5. The summed E-state index contributed by atoms with van der Waals surface area (Å²) in [5.74, 6) is -0.878. The van der Waals surface area contributed by atoms with Crippen LogP contribution in [-0.2, 0) is 22.7 Å². The molecule has 1 heterocycles. The molecule has 2 aromatic rings. The van der Waals surface area contributed by atoms with Gasteiger partial charge < -0.3 is 10.1 Å². The lowest BCUT2D eigenvalue weighted by molar-refractivity contribution is -0.121. The minimum Gasteiger partial charge on any atom is -0.374 e. The summed E-state index contributed by atoms with van der Waals surface area (Å²) in [5, 5.41) is 2.85. The van der Waals surface area contributed by atoms with Crippen molar-refractivity contribution in [3.63, 3.8) is 0 Å². The lowest BCUT2D eigenvalue weighted by Gasteiger charge is -2.14. The molecule has 0 aliphatic carbocycles. The van der Waals surface area contributed by atoms with E-state index in [2.05, 4.69) is 5.32 Å². The molecule has 29 heavy (non-hydrogen) atoms. The average Bonchev–Trinajstić information content (AvgIpc) is 2.93. The number of aryl methyl sites for hydroxylation is 1. The largest absolute Gasteiger partial charge is 0.374 e. The predicted molar refractivity (Wildman–Crippen MR) is 109 cm³/mol. The summed E-state index contributed by atoms with van der Waals surface area (Å²) in [5.41, 5.74) is 3.76. The first-order valence-electron chi connectivity index (χ1n) is 9.78. The minimum absolute atomic E-state index is 0.0689. The number of ether oxygens (including phenoxy) is 1. The zero-order valence-electron chi connectivity index (χ0n) is 17.0. The summed E-state index contributed by atoms with van der Waals surface area (Å²) in [6, 6.07) is 13.0. The van der Waals surface area contributed by atoms with Gasteiger partial charge in [-0.2, -0.15) is 0 Å². The number of rotatable bonds is 8. The number of amides is 3. The van der Waals surface area contributed by atoms with Gasteiger partial charge in [-0.25, -0.2) is 0 Å². The average molecular weight is 394 g/mol. The van der Waals surface area contributed by atoms with Crippen LogP contribution >= 0.6 is 0 Å². The third-order valence-electron chi connectivity index (χ3n) is 4.75. The van der Waals surface area contributed by atoms with Crippen LogP contribution in [0.15, 0.2) is 42.5 Å². The fourth-order valence-corrected chi connectivity index (χ4v) is 3.20. The summed E-state index contributed by atoms with van der Waals surface area (Å²) in [6.45, 7) is 6.82. The van der Waals surface area contributed by atoms with Crippen molar-refractivity contribution in [3.05, 3.63) is 70.3 Å². The Morgan fingerprint density at radius 2 is 1.76 bits per heavy atom. The van der Waals surface area contributed by atoms with Crippen molar-refractivity contribution in [3.8, 4) is 0 Å². The van der Waals surface area contributed by atoms with Crippen molar-refractivity contribution in [1.82, 2.24) is 10.2 Å². The number of fused-ring (bicyclic) bond motifs is 1. The summed E-state index contributed by atoms with van der Waals surface area (Å²) in [7, 11) is 0. The van der Waals surface area contributed by atoms with E-state index in [1.165, 1.54) is 0 Å². The van der Waals surface area contributed by atoms with E-state index >= 15 is 0 Å². The fourth-order valence-electron chi connectivity index (χ4n) is 3.20. The van der Waals surface area contributed by atoms with E-state index in [4.69, 9.17) is 4.74 Å². The molecule has 0 bridgehead atoms. The van der Waals surface area contributed by atoms with Crippen LogP contribution in [0.1, 0.15) is 57.7 Å². The highest BCUT2D eigenvalue weighted by molar-refractivity contribution is 6.21. The highest BCUT2D eigenvalue weighted by Crippen LogP contribution is 2.23. The van der Waals surface area contributed by atoms with Crippen molar-refractivity contribution in [2.75, 3.05) is 6.54 Å². The van der Waals surface area contributed by atoms with Crippen LogP contribution in [0.3, 0.4) is 0 Å². The molecule has 0 radical (unpaired) electrons. The Bertz CT molecular complexity index is 936. The van der Waals surface area contributed by atoms with E-state index in [9.17, 15) is 14.4 Å². The molecule has 6 nitrogen and oxygen atoms in total. The van der Waals surface area contributed by atoms with Gasteiger partial charge in [0.25, 0.3) is 11.8 Å². The number of carbonyl (C=O) groups excluding carboxylic acids is 3. The maximum Gasteiger partial charge on any atom is 0.261 e. The van der Waals surface area contributed by atoms with Crippen LogP contribution in [-0.4, -0.2) is 35.3 Å². The van der Waals surface area contributed by atoms with Crippen LogP contribution in [0, 0.1) is 6.92 Å². The SMILES string of the molecule is Cc1ccc2c(c1)C(=O)N(CCC(=O)NCc1cccc(COC(C)C)c1)C2=O. The standard InChI is InChI=1S/C23H26N2O4/c1-15(2)29-14-18-6-4-5-17(12-18)13-24-21(26)9-10-25-22(27)19-8-7-16(3)11-20(19)23(25)28/h4-8,11-12,15H,9-10,13-14H2,1-3H3,(H,24,26). The third-order valence-corrected chi connectivity index (χ3v) is 4.75. The molecule has 3 rings (SSSR count). The zero-order chi connectivity index (χ0) is 21.0. The Kier molecular flexibility index (Phi) is 6.44. The molecule has 0 atom stereocenters. The highest BCUT2D eigenvalue weighted by Gasteiger charge is 2.35. The molecule has 152 valence electrons. The van der Waals surface area contributed by atoms with Gasteiger partial charge in [0.1, 0.15) is 0 Å². The van der Waals surface area contributed by atoms with Gasteiger partial charge in [0.2, 0.25) is 5.91 Å². The molecule has 1 N–H and O–H groups in total. The Balaban J connectivity index is 1.50. The third kappa shape index (κ3) is 5.09. The number of hydrogen-bond acceptors (Lipinski definition) is 4. The lowest BCUT2D eigenvalue weighted by Crippen LogP contribution is -2.34. The number of imide groups is 1. The zero-order valence-corrected chi connectivity index (χ0v) is 17.0. The van der Waals surface area contributed by atoms with Crippen LogP contribution < -0.4 is 5.32 Å². The van der Waals surface area contributed by atoms with Crippen LogP contribution in [0.4, 0.5) is 0 Å². The fraction of sp³-hybridized carbons (Fsp3) is 0.348. The minimum atomic E-state index is -0.337. The molecule has 0 saturated heterocycles. The smallest absolute Gasteiger partial charge is 0.261 e. The molecule has 2 aromatic carbocycles. The second-order valence-corrected chi connectivity index (χ2v) is 7.52. The quantitative estimate of drug-likeness (QED) is 0.698. The normalized spacial score (nSPS) is 13.2. The van der Waals surface area contributed by atoms with Gasteiger partial charge in [-0.3, -0.25) is 19.3 Å². The van der Waals surface area contributed by atoms with Gasteiger partial charge in [0.15, 0.2) is 0 Å². The highest BCUT2D eigenvalue weighted by atomic mass is 16.5. The second-order valence-electron chi connectivity index (χ2n) is 7.52. The molecule has 0 unspecified atom stereocenters. The number of benzene rings is 2. The van der Waals surface area contributed by atoms with E-state index in [-0.39, 0.29) is 36.8 Å². The molecular weight excluding hydrogens is 368 g/mol. The summed E-state index contributed by atoms with van der Waals surface area (Å²) >= 11 is 0. The topological polar surface area (TPSA) is 75.7 Å². The van der Waals surface area contributed by atoms with Crippen LogP contribution in [0.2, 0.25) is 0 Å². The molecule has 0 aromatic heterocycles. The van der Waals surface area contributed by atoms with Gasteiger partial charge in [0.05, 0.1) is 23.8 Å². The molecular formula is C23H26N2O4. The van der Waals surface area contributed by atoms with Gasteiger partial charge in [-0.1, -0.05) is 35.9 Å². The first-order chi connectivity index (χ1) is 13.8. The Morgan fingerprint density at radius 1 is 1.03 bits per heavy atom. The summed E-state index contributed by atoms with van der Waals surface area (Å²) < 4.78 is 5.60. The maximum absolute atomic E-state index is 12.5. The van der Waals surface area contributed by atoms with Gasteiger partial charge in [-0.15, -0.1) is 0 Å². The van der Waals surface area contributed by atoms with E-state index in [1.54, 1.807) is 18.2 Å². The number of hydrogen-bond donors (Lipinski definition) is 1. The van der Waals surface area contributed by atoms with Crippen molar-refractivity contribution in [1.29, 1.82) is 0 Å². The molecule has 6 heteroatoms. The predicted octanol–water partition coefficient (Wildman–Crippen LogP) is 3.22. The monoisotopic (exact) mass is 394 g/mol. The van der Waals surface area contributed by atoms with Crippen molar-refractivity contribution in [2.24, 2.45) is 0 Å². The van der Waals surface area contributed by atoms with Crippen molar-refractivity contribution < 1.29 is 19.1 Å². The van der Waals surface area contributed by atoms with E-state index in [1.807, 2.05) is 45.0 Å². The van der Waals surface area contributed by atoms with Crippen molar-refractivity contribution in [2.45, 2.75) is 46.4 Å². The second kappa shape index (κ2) is 9.01. The first-order valence-corrected chi connectivity index (χ1v) is 9.78. The van der Waals surface area contributed by atoms with Crippen LogP contribution in [0.5, 0.6) is 0 Å². The van der Waals surface area contributed by atoms with E-state index in [0.29, 0.717) is 24.3 Å². The van der Waals surface area contributed by atoms with E-state index in [0.717, 1.165) is 21.6 Å². The first kappa shape index (κ1) is 20.7. The Hall–Kier alpha value is -2.99. The summed E-state index contributed by atoms with van der Waals surface area (Å²) in [4.78, 5) is 38.3. The lowest BCUT2D eigenvalue weighted by atomic mass is 10.1. The molecule has 1 aliphatic rings. The van der Waals surface area contributed by atoms with Crippen LogP contribution in [0.25, 0.3) is 0 Å². The molecule has 0 spiro atoms. The number of carbonyl (C=O) groups is 3. The molecule has 1 aliphatic heterocycles. The van der Waals surface area contributed by atoms with Gasteiger partial charge in [0, 0.05) is 19.5 Å². The molecule has 0 saturated carbocycles. The van der Waals surface area contributed by atoms with Gasteiger partial charge in [-0.05, 0) is 44.0 Å². The Labute approximate surface area is 170 Å². The van der Waals surface area contributed by atoms with E-state index < -0.39 is 0 Å². The summed E-state index contributed by atoms with van der Waals surface area (Å²) in [6.07, 6.45) is 0.227. The molecule has 3 amide bonds. The molecule has 0 fully saturated rings. The Morgan fingerprint density at radius 3 is 2.52 bits per heavy atom. The number of nitrogens with zero attached hydrogens (tertiary/aromatic N) is 1.